The maximum absolute atomic E-state index is 12.4. The number of benzene rings is 3. The SMILES string of the molecule is O=C(NCCc1nc2ccccc2n1Cc1ccc(Cl)c(Cl)c1)c1ccccc1Cl. The van der Waals surface area contributed by atoms with Gasteiger partial charge in [0.05, 0.1) is 31.7 Å². The van der Waals surface area contributed by atoms with E-state index in [1.165, 1.54) is 0 Å². The van der Waals surface area contributed by atoms with Crippen molar-refractivity contribution in [3.05, 3.63) is 98.7 Å². The van der Waals surface area contributed by atoms with Gasteiger partial charge in [0.25, 0.3) is 5.91 Å². The molecule has 3 aromatic carbocycles. The topological polar surface area (TPSA) is 46.9 Å². The van der Waals surface area contributed by atoms with Crippen LogP contribution in [0.5, 0.6) is 0 Å². The number of fused-ring (bicyclic) bond motifs is 1. The molecule has 0 aliphatic rings. The number of hydrogen-bond acceptors (Lipinski definition) is 2. The minimum atomic E-state index is -0.201. The predicted octanol–water partition coefficient (Wildman–Crippen LogP) is 6.02. The Hall–Kier alpha value is -2.53. The summed E-state index contributed by atoms with van der Waals surface area (Å²) < 4.78 is 2.14. The first-order chi connectivity index (χ1) is 14.5. The van der Waals surface area contributed by atoms with Gasteiger partial charge in [0, 0.05) is 19.5 Å². The molecule has 0 atom stereocenters. The fraction of sp³-hybridized carbons (Fsp3) is 0.130. The highest BCUT2D eigenvalue weighted by Gasteiger charge is 2.13. The average Bonchev–Trinajstić information content (AvgIpc) is 3.08. The van der Waals surface area contributed by atoms with Crippen molar-refractivity contribution in [2.75, 3.05) is 6.54 Å². The third-order valence-corrected chi connectivity index (χ3v) is 5.88. The van der Waals surface area contributed by atoms with Crippen molar-refractivity contribution >= 4 is 51.7 Å². The molecule has 0 saturated carbocycles. The fourth-order valence-electron chi connectivity index (χ4n) is 3.34. The van der Waals surface area contributed by atoms with Crippen molar-refractivity contribution in [2.45, 2.75) is 13.0 Å². The van der Waals surface area contributed by atoms with Crippen molar-refractivity contribution in [2.24, 2.45) is 0 Å². The van der Waals surface area contributed by atoms with Crippen LogP contribution in [0.25, 0.3) is 11.0 Å². The second-order valence-electron chi connectivity index (χ2n) is 6.84. The second-order valence-corrected chi connectivity index (χ2v) is 8.06. The number of carbonyl (C=O) groups excluding carboxylic acids is 1. The molecule has 0 aliphatic heterocycles. The van der Waals surface area contributed by atoms with Gasteiger partial charge in [0.1, 0.15) is 5.82 Å². The molecule has 4 rings (SSSR count). The predicted molar refractivity (Wildman–Crippen MR) is 123 cm³/mol. The zero-order chi connectivity index (χ0) is 21.1. The lowest BCUT2D eigenvalue weighted by Crippen LogP contribution is -2.26. The van der Waals surface area contributed by atoms with Crippen LogP contribution in [0.2, 0.25) is 15.1 Å². The van der Waals surface area contributed by atoms with Gasteiger partial charge < -0.3 is 9.88 Å². The Morgan fingerprint density at radius 3 is 2.47 bits per heavy atom. The maximum Gasteiger partial charge on any atom is 0.252 e. The summed E-state index contributed by atoms with van der Waals surface area (Å²) in [6, 6.07) is 20.6. The van der Waals surface area contributed by atoms with Gasteiger partial charge in [-0.15, -0.1) is 0 Å². The Morgan fingerprint density at radius 2 is 1.67 bits per heavy atom. The number of imidazole rings is 1. The lowest BCUT2D eigenvalue weighted by atomic mass is 10.2. The van der Waals surface area contributed by atoms with E-state index in [4.69, 9.17) is 39.8 Å². The van der Waals surface area contributed by atoms with Gasteiger partial charge in [-0.1, -0.05) is 65.1 Å². The van der Waals surface area contributed by atoms with Gasteiger partial charge in [-0.3, -0.25) is 4.79 Å². The first-order valence-electron chi connectivity index (χ1n) is 9.44. The number of hydrogen-bond donors (Lipinski definition) is 1. The summed E-state index contributed by atoms with van der Waals surface area (Å²) in [4.78, 5) is 17.2. The second kappa shape index (κ2) is 9.09. The quantitative estimate of drug-likeness (QED) is 0.384. The molecule has 0 spiro atoms. The number of carbonyl (C=O) groups is 1. The van der Waals surface area contributed by atoms with Crippen LogP contribution in [-0.2, 0) is 13.0 Å². The molecule has 0 saturated heterocycles. The van der Waals surface area contributed by atoms with Gasteiger partial charge in [0.2, 0.25) is 0 Å². The van der Waals surface area contributed by atoms with Crippen LogP contribution < -0.4 is 5.32 Å². The van der Waals surface area contributed by atoms with Crippen LogP contribution in [0.1, 0.15) is 21.7 Å². The molecule has 152 valence electrons. The van der Waals surface area contributed by atoms with Gasteiger partial charge in [-0.05, 0) is 42.0 Å². The van der Waals surface area contributed by atoms with Gasteiger partial charge in [-0.2, -0.15) is 0 Å². The summed E-state index contributed by atoms with van der Waals surface area (Å²) >= 11 is 18.3. The zero-order valence-corrected chi connectivity index (χ0v) is 18.2. The van der Waals surface area contributed by atoms with Crippen molar-refractivity contribution in [1.29, 1.82) is 0 Å². The number of para-hydroxylation sites is 2. The summed E-state index contributed by atoms with van der Waals surface area (Å²) in [7, 11) is 0. The molecule has 7 heteroatoms. The summed E-state index contributed by atoms with van der Waals surface area (Å²) in [6.07, 6.45) is 0.576. The van der Waals surface area contributed by atoms with E-state index in [9.17, 15) is 4.79 Å². The lowest BCUT2D eigenvalue weighted by Gasteiger charge is -2.11. The highest BCUT2D eigenvalue weighted by atomic mass is 35.5. The molecule has 4 aromatic rings. The molecule has 0 fully saturated rings. The molecule has 1 amide bonds. The number of aromatic nitrogens is 2. The first-order valence-corrected chi connectivity index (χ1v) is 10.6. The van der Waals surface area contributed by atoms with Crippen LogP contribution in [0, 0.1) is 0 Å². The molecular weight excluding hydrogens is 441 g/mol. The van der Waals surface area contributed by atoms with Crippen molar-refractivity contribution in [1.82, 2.24) is 14.9 Å². The molecule has 1 N–H and O–H groups in total. The number of nitrogens with one attached hydrogen (secondary N) is 1. The minimum absolute atomic E-state index is 0.201. The van der Waals surface area contributed by atoms with Crippen LogP contribution in [0.15, 0.2) is 66.7 Å². The Kier molecular flexibility index (Phi) is 6.28. The van der Waals surface area contributed by atoms with Gasteiger partial charge in [-0.25, -0.2) is 4.98 Å². The van der Waals surface area contributed by atoms with Crippen LogP contribution in [0.3, 0.4) is 0 Å². The van der Waals surface area contributed by atoms with E-state index in [0.29, 0.717) is 40.1 Å². The van der Waals surface area contributed by atoms with Gasteiger partial charge in [0.15, 0.2) is 0 Å². The monoisotopic (exact) mass is 457 g/mol. The van der Waals surface area contributed by atoms with Gasteiger partial charge >= 0.3 is 0 Å². The number of rotatable bonds is 6. The van der Waals surface area contributed by atoms with Crippen LogP contribution in [-0.4, -0.2) is 22.0 Å². The number of amides is 1. The van der Waals surface area contributed by atoms with Crippen LogP contribution in [0.4, 0.5) is 0 Å². The van der Waals surface area contributed by atoms with Crippen molar-refractivity contribution in [3.8, 4) is 0 Å². The molecule has 0 aliphatic carbocycles. The third kappa shape index (κ3) is 4.46. The maximum atomic E-state index is 12.4. The van der Waals surface area contributed by atoms with E-state index in [1.54, 1.807) is 30.3 Å². The molecule has 4 nitrogen and oxygen atoms in total. The Balaban J connectivity index is 1.55. The Bertz CT molecular complexity index is 1220. The van der Waals surface area contributed by atoms with Crippen molar-refractivity contribution in [3.63, 3.8) is 0 Å². The molecular formula is C23H18Cl3N3O. The molecule has 0 bridgehead atoms. The summed E-state index contributed by atoms with van der Waals surface area (Å²) in [5, 5.41) is 4.40. The first kappa shape index (κ1) is 20.7. The molecule has 1 heterocycles. The van der Waals surface area contributed by atoms with Crippen LogP contribution >= 0.6 is 34.8 Å². The fourth-order valence-corrected chi connectivity index (χ4v) is 3.88. The zero-order valence-electron chi connectivity index (χ0n) is 15.9. The van der Waals surface area contributed by atoms with E-state index >= 15 is 0 Å². The van der Waals surface area contributed by atoms with E-state index < -0.39 is 0 Å². The summed E-state index contributed by atoms with van der Waals surface area (Å²) in [5.41, 5.74) is 3.42. The average molecular weight is 459 g/mol. The third-order valence-electron chi connectivity index (χ3n) is 4.81. The summed E-state index contributed by atoms with van der Waals surface area (Å²) in [6.45, 7) is 1.04. The highest BCUT2D eigenvalue weighted by molar-refractivity contribution is 6.42. The largest absolute Gasteiger partial charge is 0.352 e. The number of nitrogens with zero attached hydrogens (tertiary/aromatic N) is 2. The standard InChI is InChI=1S/C23H18Cl3N3O/c24-17-6-2-1-5-16(17)23(30)27-12-11-22-28-20-7-3-4-8-21(20)29(22)14-15-9-10-18(25)19(26)13-15/h1-10,13H,11-12,14H2,(H,27,30). The summed E-state index contributed by atoms with van der Waals surface area (Å²) in [5.74, 6) is 0.675. The minimum Gasteiger partial charge on any atom is -0.352 e. The van der Waals surface area contributed by atoms with Crippen molar-refractivity contribution < 1.29 is 4.79 Å². The van der Waals surface area contributed by atoms with E-state index in [0.717, 1.165) is 22.4 Å². The Morgan fingerprint density at radius 1 is 0.900 bits per heavy atom. The highest BCUT2D eigenvalue weighted by Crippen LogP contribution is 2.25. The normalized spacial score (nSPS) is 11.0. The van der Waals surface area contributed by atoms with E-state index in [1.807, 2.05) is 36.4 Å². The number of halogens is 3. The molecule has 30 heavy (non-hydrogen) atoms. The smallest absolute Gasteiger partial charge is 0.252 e. The molecule has 0 unspecified atom stereocenters. The molecule has 1 aromatic heterocycles. The Labute approximate surface area is 189 Å². The lowest BCUT2D eigenvalue weighted by molar-refractivity contribution is 0.0954. The van der Waals surface area contributed by atoms with E-state index in [2.05, 4.69) is 9.88 Å². The van der Waals surface area contributed by atoms with E-state index in [-0.39, 0.29) is 5.91 Å². The molecule has 0 radical (unpaired) electrons.